The second-order valence-electron chi connectivity index (χ2n) is 5.68. The number of aliphatic hydroxyl groups is 1. The summed E-state index contributed by atoms with van der Waals surface area (Å²) in [7, 11) is 0. The lowest BCUT2D eigenvalue weighted by molar-refractivity contribution is 0.261. The molecule has 1 fully saturated rings. The van der Waals surface area contributed by atoms with Crippen molar-refractivity contribution in [2.24, 2.45) is 11.5 Å². The Morgan fingerprint density at radius 3 is 3.00 bits per heavy atom. The third kappa shape index (κ3) is 4.39. The van der Waals surface area contributed by atoms with Crippen LogP contribution in [0.3, 0.4) is 0 Å². The van der Waals surface area contributed by atoms with Crippen molar-refractivity contribution >= 4 is 5.95 Å². The van der Waals surface area contributed by atoms with Crippen LogP contribution < -0.4 is 16.4 Å². The van der Waals surface area contributed by atoms with E-state index in [0.29, 0.717) is 24.4 Å². The maximum atomic E-state index is 9.18. The fourth-order valence-electron chi connectivity index (χ4n) is 2.84. The van der Waals surface area contributed by atoms with Crippen molar-refractivity contribution in [2.75, 3.05) is 24.6 Å². The molecule has 2 atom stereocenters. The number of hydrogen-bond donors (Lipinski definition) is 3. The van der Waals surface area contributed by atoms with Crippen molar-refractivity contribution in [3.05, 3.63) is 5.89 Å². The van der Waals surface area contributed by atoms with Gasteiger partial charge in [-0.05, 0) is 50.2 Å². The van der Waals surface area contributed by atoms with Crippen LogP contribution in [0.5, 0.6) is 0 Å². The number of piperidine rings is 1. The molecule has 0 aromatic carbocycles. The highest BCUT2D eigenvalue weighted by molar-refractivity contribution is 5.31. The molecule has 5 N–H and O–H groups in total. The van der Waals surface area contributed by atoms with E-state index in [1.54, 1.807) is 0 Å². The van der Waals surface area contributed by atoms with E-state index in [0.717, 1.165) is 45.1 Å². The topological polar surface area (TPSA) is 114 Å². The SMILES string of the molecule is NCCCC[C@H](N)c1nc(N2CCCCC2CCO)no1. The van der Waals surface area contributed by atoms with Crippen LogP contribution in [-0.4, -0.2) is 41.0 Å². The largest absolute Gasteiger partial charge is 0.396 e. The highest BCUT2D eigenvalue weighted by atomic mass is 16.5. The molecule has 21 heavy (non-hydrogen) atoms. The summed E-state index contributed by atoms with van der Waals surface area (Å²) in [5, 5.41) is 13.3. The molecule has 1 aromatic rings. The summed E-state index contributed by atoms with van der Waals surface area (Å²) < 4.78 is 5.32. The van der Waals surface area contributed by atoms with Gasteiger partial charge in [-0.25, -0.2) is 0 Å². The summed E-state index contributed by atoms with van der Waals surface area (Å²) >= 11 is 0. The second-order valence-corrected chi connectivity index (χ2v) is 5.68. The highest BCUT2D eigenvalue weighted by Gasteiger charge is 2.26. The fourth-order valence-corrected chi connectivity index (χ4v) is 2.84. The van der Waals surface area contributed by atoms with Crippen molar-refractivity contribution < 1.29 is 9.63 Å². The molecule has 0 spiro atoms. The number of aromatic nitrogens is 2. The first-order valence-electron chi connectivity index (χ1n) is 7.93. The van der Waals surface area contributed by atoms with E-state index in [1.807, 2.05) is 0 Å². The fraction of sp³-hybridized carbons (Fsp3) is 0.857. The summed E-state index contributed by atoms with van der Waals surface area (Å²) in [6, 6.07) is 0.0709. The van der Waals surface area contributed by atoms with Gasteiger partial charge in [-0.2, -0.15) is 4.98 Å². The molecule has 2 heterocycles. The lowest BCUT2D eigenvalue weighted by atomic mass is 10.0. The van der Waals surface area contributed by atoms with E-state index < -0.39 is 0 Å². The molecule has 1 aromatic heterocycles. The zero-order valence-electron chi connectivity index (χ0n) is 12.6. The number of unbranched alkanes of at least 4 members (excludes halogenated alkanes) is 1. The molecular weight excluding hydrogens is 270 g/mol. The molecular formula is C14H27N5O2. The average molecular weight is 297 g/mol. The Labute approximate surface area is 125 Å². The number of nitrogens with two attached hydrogens (primary N) is 2. The van der Waals surface area contributed by atoms with Crippen LogP contribution in [0.2, 0.25) is 0 Å². The summed E-state index contributed by atoms with van der Waals surface area (Å²) in [5.74, 6) is 1.10. The van der Waals surface area contributed by atoms with Gasteiger partial charge in [0.05, 0.1) is 6.04 Å². The van der Waals surface area contributed by atoms with Gasteiger partial charge in [-0.1, -0.05) is 6.42 Å². The molecule has 120 valence electrons. The van der Waals surface area contributed by atoms with Crippen molar-refractivity contribution in [1.29, 1.82) is 0 Å². The van der Waals surface area contributed by atoms with Crippen LogP contribution in [-0.2, 0) is 0 Å². The van der Waals surface area contributed by atoms with Crippen LogP contribution in [0, 0.1) is 0 Å². The molecule has 0 radical (unpaired) electrons. The van der Waals surface area contributed by atoms with Crippen molar-refractivity contribution in [2.45, 2.75) is 57.0 Å². The lowest BCUT2D eigenvalue weighted by Crippen LogP contribution is -2.40. The van der Waals surface area contributed by atoms with Gasteiger partial charge >= 0.3 is 0 Å². The van der Waals surface area contributed by atoms with Crippen molar-refractivity contribution in [1.82, 2.24) is 10.1 Å². The molecule has 1 saturated heterocycles. The van der Waals surface area contributed by atoms with Crippen LogP contribution in [0.15, 0.2) is 4.52 Å². The van der Waals surface area contributed by atoms with Gasteiger partial charge in [0.2, 0.25) is 5.89 Å². The van der Waals surface area contributed by atoms with Crippen LogP contribution in [0.25, 0.3) is 0 Å². The third-order valence-electron chi connectivity index (χ3n) is 4.06. The van der Waals surface area contributed by atoms with E-state index in [2.05, 4.69) is 15.0 Å². The molecule has 0 bridgehead atoms. The minimum atomic E-state index is -0.223. The lowest BCUT2D eigenvalue weighted by Gasteiger charge is -2.34. The van der Waals surface area contributed by atoms with E-state index in [1.165, 1.54) is 6.42 Å². The molecule has 1 aliphatic heterocycles. The van der Waals surface area contributed by atoms with E-state index in [4.69, 9.17) is 16.0 Å². The van der Waals surface area contributed by atoms with Crippen LogP contribution >= 0.6 is 0 Å². The maximum absolute atomic E-state index is 9.18. The Hall–Kier alpha value is -1.18. The van der Waals surface area contributed by atoms with Gasteiger partial charge in [0.15, 0.2) is 0 Å². The maximum Gasteiger partial charge on any atom is 0.266 e. The average Bonchev–Trinajstić information content (AvgIpc) is 2.98. The smallest absolute Gasteiger partial charge is 0.266 e. The van der Waals surface area contributed by atoms with Crippen molar-refractivity contribution in [3.8, 4) is 0 Å². The van der Waals surface area contributed by atoms with Gasteiger partial charge in [-0.3, -0.25) is 0 Å². The molecule has 7 heteroatoms. The molecule has 0 saturated carbocycles. The molecule has 0 amide bonds. The number of nitrogens with zero attached hydrogens (tertiary/aromatic N) is 3. The standard InChI is InChI=1S/C14H27N5O2/c15-8-3-1-6-12(16)13-17-14(18-21-13)19-9-4-2-5-11(19)7-10-20/h11-12,20H,1-10,15-16H2/t11?,12-/m0/s1. The monoisotopic (exact) mass is 297 g/mol. The highest BCUT2D eigenvalue weighted by Crippen LogP contribution is 2.25. The summed E-state index contributed by atoms with van der Waals surface area (Å²) in [4.78, 5) is 6.59. The summed E-state index contributed by atoms with van der Waals surface area (Å²) in [5.41, 5.74) is 11.6. The van der Waals surface area contributed by atoms with Gasteiger partial charge in [0.1, 0.15) is 0 Å². The minimum Gasteiger partial charge on any atom is -0.396 e. The van der Waals surface area contributed by atoms with E-state index in [-0.39, 0.29) is 12.6 Å². The Morgan fingerprint density at radius 2 is 2.24 bits per heavy atom. The Kier molecular flexibility index (Phi) is 6.41. The number of aliphatic hydroxyl groups excluding tert-OH is 1. The zero-order valence-corrected chi connectivity index (χ0v) is 12.6. The molecule has 7 nitrogen and oxygen atoms in total. The van der Waals surface area contributed by atoms with Gasteiger partial charge in [0.25, 0.3) is 5.95 Å². The first-order valence-corrected chi connectivity index (χ1v) is 7.93. The predicted octanol–water partition coefficient (Wildman–Crippen LogP) is 0.940. The first-order chi connectivity index (χ1) is 10.3. The Morgan fingerprint density at radius 1 is 1.38 bits per heavy atom. The van der Waals surface area contributed by atoms with E-state index >= 15 is 0 Å². The third-order valence-corrected chi connectivity index (χ3v) is 4.06. The van der Waals surface area contributed by atoms with Gasteiger partial charge < -0.3 is 26.0 Å². The molecule has 2 rings (SSSR count). The Balaban J connectivity index is 1.97. The van der Waals surface area contributed by atoms with E-state index in [9.17, 15) is 5.11 Å². The van der Waals surface area contributed by atoms with Gasteiger partial charge in [0, 0.05) is 19.2 Å². The number of hydrogen-bond acceptors (Lipinski definition) is 7. The molecule has 1 unspecified atom stereocenters. The minimum absolute atomic E-state index is 0.185. The molecule has 1 aliphatic rings. The van der Waals surface area contributed by atoms with Gasteiger partial charge in [-0.15, -0.1) is 0 Å². The summed E-state index contributed by atoms with van der Waals surface area (Å²) in [6.45, 7) is 1.77. The van der Waals surface area contributed by atoms with Crippen LogP contribution in [0.4, 0.5) is 5.95 Å². The molecule has 0 aliphatic carbocycles. The normalized spacial score (nSPS) is 20.7. The number of rotatable bonds is 8. The van der Waals surface area contributed by atoms with Crippen LogP contribution in [0.1, 0.15) is 56.9 Å². The zero-order chi connectivity index (χ0) is 15.1. The second kappa shape index (κ2) is 8.31. The number of anilines is 1. The predicted molar refractivity (Wildman–Crippen MR) is 80.8 cm³/mol. The Bertz CT molecular complexity index is 410. The quantitative estimate of drug-likeness (QED) is 0.612. The summed E-state index contributed by atoms with van der Waals surface area (Å²) in [6.07, 6.45) is 6.84. The first kappa shape index (κ1) is 16.2. The van der Waals surface area contributed by atoms with Crippen molar-refractivity contribution in [3.63, 3.8) is 0 Å².